The average molecular weight is 275 g/mol. The molecular formula is C17H22FNO. The Hall–Kier alpha value is -1.38. The number of carbonyl (C=O) groups excluding carboxylic acids is 1. The molecular weight excluding hydrogens is 253 g/mol. The third-order valence-corrected chi connectivity index (χ3v) is 5.41. The quantitative estimate of drug-likeness (QED) is 0.823. The van der Waals surface area contributed by atoms with Crippen LogP contribution in [0.15, 0.2) is 30.3 Å². The molecule has 0 radical (unpaired) electrons. The van der Waals surface area contributed by atoms with Gasteiger partial charge in [0.2, 0.25) is 0 Å². The SMILES string of the molecule is C[C@@H](c1ccccc1)N1C[C@H](C2(C)CCC2)[C@H](F)C1=O. The summed E-state index contributed by atoms with van der Waals surface area (Å²) in [6, 6.07) is 9.84. The molecule has 108 valence electrons. The summed E-state index contributed by atoms with van der Waals surface area (Å²) in [5.74, 6) is -0.450. The van der Waals surface area contributed by atoms with Gasteiger partial charge in [-0.2, -0.15) is 0 Å². The van der Waals surface area contributed by atoms with Crippen molar-refractivity contribution in [2.75, 3.05) is 6.54 Å². The van der Waals surface area contributed by atoms with Crippen LogP contribution in [0.2, 0.25) is 0 Å². The van der Waals surface area contributed by atoms with Crippen LogP contribution in [0.5, 0.6) is 0 Å². The number of amides is 1. The summed E-state index contributed by atoms with van der Waals surface area (Å²) >= 11 is 0. The van der Waals surface area contributed by atoms with Gasteiger partial charge in [0.15, 0.2) is 6.17 Å². The molecule has 3 heteroatoms. The number of benzene rings is 1. The molecule has 0 unspecified atom stereocenters. The lowest BCUT2D eigenvalue weighted by Gasteiger charge is -2.43. The number of hydrogen-bond acceptors (Lipinski definition) is 1. The van der Waals surface area contributed by atoms with Gasteiger partial charge in [0.25, 0.3) is 5.91 Å². The molecule has 1 amide bonds. The van der Waals surface area contributed by atoms with Gasteiger partial charge in [-0.3, -0.25) is 4.79 Å². The molecule has 1 aromatic carbocycles. The molecule has 2 fully saturated rings. The molecule has 1 heterocycles. The minimum absolute atomic E-state index is 0.0280. The van der Waals surface area contributed by atoms with E-state index >= 15 is 0 Å². The highest BCUT2D eigenvalue weighted by atomic mass is 19.1. The zero-order valence-corrected chi connectivity index (χ0v) is 12.2. The molecule has 0 bridgehead atoms. The Morgan fingerprint density at radius 1 is 1.30 bits per heavy atom. The van der Waals surface area contributed by atoms with Crippen molar-refractivity contribution in [1.29, 1.82) is 0 Å². The molecule has 1 aliphatic heterocycles. The zero-order chi connectivity index (χ0) is 14.3. The van der Waals surface area contributed by atoms with Gasteiger partial charge in [-0.05, 0) is 30.7 Å². The topological polar surface area (TPSA) is 20.3 Å². The van der Waals surface area contributed by atoms with Gasteiger partial charge in [-0.1, -0.05) is 43.7 Å². The Kier molecular flexibility index (Phi) is 3.31. The van der Waals surface area contributed by atoms with Gasteiger partial charge in [-0.25, -0.2) is 4.39 Å². The van der Waals surface area contributed by atoms with Crippen LogP contribution < -0.4 is 0 Å². The lowest BCUT2D eigenvalue weighted by molar-refractivity contribution is -0.134. The van der Waals surface area contributed by atoms with E-state index < -0.39 is 6.17 Å². The van der Waals surface area contributed by atoms with E-state index in [2.05, 4.69) is 6.92 Å². The maximum Gasteiger partial charge on any atom is 0.258 e. The first-order valence-corrected chi connectivity index (χ1v) is 7.52. The van der Waals surface area contributed by atoms with E-state index in [1.807, 2.05) is 37.3 Å². The number of hydrogen-bond donors (Lipinski definition) is 0. The first-order valence-electron chi connectivity index (χ1n) is 7.52. The number of alkyl halides is 1. The molecule has 3 atom stereocenters. The summed E-state index contributed by atoms with van der Waals surface area (Å²) in [6.07, 6.45) is 1.96. The number of nitrogens with zero attached hydrogens (tertiary/aromatic N) is 1. The van der Waals surface area contributed by atoms with Crippen molar-refractivity contribution in [2.45, 2.75) is 45.3 Å². The van der Waals surface area contributed by atoms with Gasteiger partial charge in [0, 0.05) is 12.5 Å². The molecule has 1 saturated heterocycles. The molecule has 1 saturated carbocycles. The molecule has 3 rings (SSSR count). The fourth-order valence-corrected chi connectivity index (χ4v) is 3.66. The van der Waals surface area contributed by atoms with E-state index in [4.69, 9.17) is 0 Å². The predicted molar refractivity (Wildman–Crippen MR) is 76.9 cm³/mol. The van der Waals surface area contributed by atoms with Crippen LogP contribution in [-0.2, 0) is 4.79 Å². The van der Waals surface area contributed by atoms with Crippen LogP contribution in [0.1, 0.15) is 44.7 Å². The van der Waals surface area contributed by atoms with E-state index in [0.29, 0.717) is 6.54 Å². The molecule has 0 N–H and O–H groups in total. The Balaban J connectivity index is 1.80. The van der Waals surface area contributed by atoms with Crippen LogP contribution in [0.3, 0.4) is 0 Å². The Morgan fingerprint density at radius 2 is 1.95 bits per heavy atom. The Labute approximate surface area is 120 Å². The summed E-state index contributed by atoms with van der Waals surface area (Å²) in [5, 5.41) is 0. The average Bonchev–Trinajstić information content (AvgIpc) is 2.73. The van der Waals surface area contributed by atoms with E-state index in [0.717, 1.165) is 18.4 Å². The van der Waals surface area contributed by atoms with Gasteiger partial charge >= 0.3 is 0 Å². The highest BCUT2D eigenvalue weighted by Gasteiger charge is 2.53. The zero-order valence-electron chi connectivity index (χ0n) is 12.2. The van der Waals surface area contributed by atoms with Crippen LogP contribution in [-0.4, -0.2) is 23.5 Å². The fourth-order valence-electron chi connectivity index (χ4n) is 3.66. The molecule has 20 heavy (non-hydrogen) atoms. The number of halogens is 1. The van der Waals surface area contributed by atoms with Crippen molar-refractivity contribution in [3.63, 3.8) is 0 Å². The van der Waals surface area contributed by atoms with Gasteiger partial charge in [-0.15, -0.1) is 0 Å². The summed E-state index contributed by atoms with van der Waals surface area (Å²) in [6.45, 7) is 4.69. The van der Waals surface area contributed by atoms with Crippen molar-refractivity contribution in [2.24, 2.45) is 11.3 Å². The van der Waals surface area contributed by atoms with E-state index in [9.17, 15) is 9.18 Å². The lowest BCUT2D eigenvalue weighted by Crippen LogP contribution is -2.39. The summed E-state index contributed by atoms with van der Waals surface area (Å²) < 4.78 is 14.4. The maximum atomic E-state index is 14.4. The summed E-state index contributed by atoms with van der Waals surface area (Å²) in [4.78, 5) is 14.0. The van der Waals surface area contributed by atoms with Crippen molar-refractivity contribution in [1.82, 2.24) is 4.90 Å². The largest absolute Gasteiger partial charge is 0.333 e. The normalized spacial score (nSPS) is 30.1. The monoisotopic (exact) mass is 275 g/mol. The minimum atomic E-state index is -1.31. The lowest BCUT2D eigenvalue weighted by atomic mass is 9.62. The predicted octanol–water partition coefficient (Wildman–Crippen LogP) is 3.73. The van der Waals surface area contributed by atoms with Crippen molar-refractivity contribution in [3.05, 3.63) is 35.9 Å². The highest BCUT2D eigenvalue weighted by molar-refractivity contribution is 5.84. The van der Waals surface area contributed by atoms with E-state index in [-0.39, 0.29) is 23.3 Å². The summed E-state index contributed by atoms with van der Waals surface area (Å²) in [5.41, 5.74) is 1.10. The number of rotatable bonds is 3. The smallest absolute Gasteiger partial charge is 0.258 e. The van der Waals surface area contributed by atoms with Crippen LogP contribution in [0.4, 0.5) is 4.39 Å². The maximum absolute atomic E-state index is 14.4. The molecule has 1 aromatic rings. The third-order valence-electron chi connectivity index (χ3n) is 5.41. The van der Waals surface area contributed by atoms with Gasteiger partial charge < -0.3 is 4.90 Å². The van der Waals surface area contributed by atoms with E-state index in [1.54, 1.807) is 4.90 Å². The minimum Gasteiger partial charge on any atom is -0.333 e. The molecule has 0 spiro atoms. The first kappa shape index (κ1) is 13.6. The second-order valence-electron chi connectivity index (χ2n) is 6.59. The Bertz CT molecular complexity index is 497. The molecule has 1 aliphatic carbocycles. The van der Waals surface area contributed by atoms with Crippen molar-refractivity contribution in [3.8, 4) is 0 Å². The second-order valence-corrected chi connectivity index (χ2v) is 6.59. The fraction of sp³-hybridized carbons (Fsp3) is 0.588. The van der Waals surface area contributed by atoms with E-state index in [1.165, 1.54) is 6.42 Å². The third kappa shape index (κ3) is 2.04. The van der Waals surface area contributed by atoms with Gasteiger partial charge in [0.1, 0.15) is 0 Å². The number of likely N-dealkylation sites (tertiary alicyclic amines) is 1. The van der Waals surface area contributed by atoms with Crippen LogP contribution >= 0.6 is 0 Å². The molecule has 2 nitrogen and oxygen atoms in total. The highest BCUT2D eigenvalue weighted by Crippen LogP contribution is 2.51. The van der Waals surface area contributed by atoms with Crippen molar-refractivity contribution < 1.29 is 9.18 Å². The first-order chi connectivity index (χ1) is 9.53. The number of carbonyl (C=O) groups is 1. The standard InChI is InChI=1S/C17H22FNO/c1-12(13-7-4-3-5-8-13)19-11-14(15(18)16(19)20)17(2)9-6-10-17/h3-5,7-8,12,14-15H,6,9-11H2,1-2H3/t12-,14-,15-/m0/s1. The van der Waals surface area contributed by atoms with Gasteiger partial charge in [0.05, 0.1) is 6.04 Å². The molecule has 2 aliphatic rings. The van der Waals surface area contributed by atoms with Crippen LogP contribution in [0, 0.1) is 11.3 Å². The Morgan fingerprint density at radius 3 is 2.50 bits per heavy atom. The molecule has 0 aromatic heterocycles. The second kappa shape index (κ2) is 4.87. The van der Waals surface area contributed by atoms with Crippen LogP contribution in [0.25, 0.3) is 0 Å². The summed E-state index contributed by atoms with van der Waals surface area (Å²) in [7, 11) is 0. The van der Waals surface area contributed by atoms with Crippen molar-refractivity contribution >= 4 is 5.91 Å².